The van der Waals surface area contributed by atoms with Gasteiger partial charge in [-0.15, -0.1) is 0 Å². The molecule has 3 fully saturated rings. The molecule has 0 saturated carbocycles. The van der Waals surface area contributed by atoms with Gasteiger partial charge in [-0.05, 0) is 33.3 Å². The number of alkyl carbamates (subject to hydrolysis) is 1. The van der Waals surface area contributed by atoms with E-state index in [9.17, 15) is 14.4 Å². The average Bonchev–Trinajstić information content (AvgIpc) is 3.45. The fourth-order valence-corrected chi connectivity index (χ4v) is 4.50. The lowest BCUT2D eigenvalue weighted by Crippen LogP contribution is -2.64. The molecule has 36 heavy (non-hydrogen) atoms. The third-order valence-corrected chi connectivity index (χ3v) is 5.99. The molecule has 0 spiro atoms. The zero-order chi connectivity index (χ0) is 26.1. The van der Waals surface area contributed by atoms with Gasteiger partial charge in [0.05, 0.1) is 13.7 Å². The van der Waals surface area contributed by atoms with Crippen molar-refractivity contribution in [1.29, 1.82) is 0 Å². The highest BCUT2D eigenvalue weighted by Gasteiger charge is 2.70. The lowest BCUT2D eigenvalue weighted by molar-refractivity contribution is -0.237. The monoisotopic (exact) mass is 508 g/mol. The van der Waals surface area contributed by atoms with Crippen LogP contribution in [0.5, 0.6) is 0 Å². The van der Waals surface area contributed by atoms with Crippen molar-refractivity contribution >= 4 is 18.0 Å². The van der Waals surface area contributed by atoms with Gasteiger partial charge >= 0.3 is 12.1 Å². The lowest BCUT2D eigenvalue weighted by Gasteiger charge is -2.33. The van der Waals surface area contributed by atoms with E-state index >= 15 is 0 Å². The molecule has 5 atom stereocenters. The third kappa shape index (κ3) is 5.47. The van der Waals surface area contributed by atoms with Crippen LogP contribution in [0.15, 0.2) is 30.3 Å². The Morgan fingerprint density at radius 2 is 1.69 bits per heavy atom. The zero-order valence-electron chi connectivity index (χ0n) is 20.9. The zero-order valence-corrected chi connectivity index (χ0v) is 20.9. The van der Waals surface area contributed by atoms with E-state index in [4.69, 9.17) is 33.2 Å². The number of hydrogen-bond donors (Lipinski definition) is 2. The van der Waals surface area contributed by atoms with Crippen LogP contribution in [-0.4, -0.2) is 79.9 Å². The molecule has 0 aliphatic carbocycles. The topological polar surface area (TPSA) is 140 Å². The summed E-state index contributed by atoms with van der Waals surface area (Å²) in [6, 6.07) is 9.08. The summed E-state index contributed by atoms with van der Waals surface area (Å²) in [5.41, 5.74) is -1.25. The minimum absolute atomic E-state index is 0.0367. The molecular weight excluding hydrogens is 476 g/mol. The van der Waals surface area contributed by atoms with E-state index in [0.717, 1.165) is 5.56 Å². The highest BCUT2D eigenvalue weighted by molar-refractivity contribution is 5.90. The largest absolute Gasteiger partial charge is 0.465 e. The fraction of sp³-hybridized carbons (Fsp3) is 0.625. The van der Waals surface area contributed by atoms with Crippen LogP contribution in [0, 0.1) is 0 Å². The molecule has 198 valence electrons. The molecule has 3 aliphatic rings. The van der Waals surface area contributed by atoms with Crippen LogP contribution in [-0.2, 0) is 49.4 Å². The van der Waals surface area contributed by atoms with Crippen molar-refractivity contribution in [3.05, 3.63) is 35.9 Å². The molecule has 0 bridgehead atoms. The maximum atomic E-state index is 13.0. The summed E-state index contributed by atoms with van der Waals surface area (Å²) < 4.78 is 39.8. The van der Waals surface area contributed by atoms with E-state index in [1.165, 1.54) is 7.11 Å². The number of ether oxygens (including phenoxy) is 7. The standard InChI is InChI=1S/C24H32N2O10/c1-22(2)32-13-15(33-22)17-18-19(36-23(3,4)34-18)24(35-17,20(28)30-5)26-16(27)11-25-21(29)31-12-14-9-7-6-8-10-14/h6-10,15,17-19H,11-13H2,1-5H3,(H,25,29)(H,26,27)/t15-,17-,18+,19+,24-/m1/s1. The van der Waals surface area contributed by atoms with Gasteiger partial charge in [-0.25, -0.2) is 9.59 Å². The lowest BCUT2D eigenvalue weighted by atomic mass is 10.00. The van der Waals surface area contributed by atoms with Gasteiger partial charge in [0.15, 0.2) is 11.6 Å². The number of esters is 1. The number of nitrogens with one attached hydrogen (secondary N) is 2. The van der Waals surface area contributed by atoms with Crippen molar-refractivity contribution in [1.82, 2.24) is 10.6 Å². The van der Waals surface area contributed by atoms with E-state index in [1.54, 1.807) is 39.8 Å². The minimum Gasteiger partial charge on any atom is -0.465 e. The Hall–Kier alpha value is -2.77. The molecule has 3 aliphatic heterocycles. The van der Waals surface area contributed by atoms with Gasteiger partial charge in [0, 0.05) is 0 Å². The van der Waals surface area contributed by atoms with Crippen LogP contribution in [0.25, 0.3) is 0 Å². The minimum atomic E-state index is -2.04. The van der Waals surface area contributed by atoms with E-state index in [2.05, 4.69) is 10.6 Å². The van der Waals surface area contributed by atoms with Crippen molar-refractivity contribution in [3.8, 4) is 0 Å². The number of carbonyl (C=O) groups excluding carboxylic acids is 3. The molecule has 0 aromatic heterocycles. The second kappa shape index (κ2) is 9.94. The highest BCUT2D eigenvalue weighted by Crippen LogP contribution is 2.46. The summed E-state index contributed by atoms with van der Waals surface area (Å²) in [7, 11) is 1.17. The van der Waals surface area contributed by atoms with Gasteiger partial charge in [-0.1, -0.05) is 30.3 Å². The van der Waals surface area contributed by atoms with Crippen molar-refractivity contribution in [3.63, 3.8) is 0 Å². The number of fused-ring (bicyclic) bond motifs is 1. The number of amides is 2. The first kappa shape index (κ1) is 26.3. The predicted octanol–water partition coefficient (Wildman–Crippen LogP) is 0.969. The van der Waals surface area contributed by atoms with Crippen LogP contribution >= 0.6 is 0 Å². The first-order valence-corrected chi connectivity index (χ1v) is 11.6. The normalized spacial score (nSPS) is 31.9. The van der Waals surface area contributed by atoms with E-state index in [1.807, 2.05) is 18.2 Å². The van der Waals surface area contributed by atoms with Crippen molar-refractivity contribution in [2.45, 2.75) is 76.0 Å². The Bertz CT molecular complexity index is 984. The molecule has 1 aromatic rings. The van der Waals surface area contributed by atoms with Crippen LogP contribution in [0.2, 0.25) is 0 Å². The Labute approximate surface area is 208 Å². The van der Waals surface area contributed by atoms with E-state index in [0.29, 0.717) is 0 Å². The molecule has 1 aromatic carbocycles. The van der Waals surface area contributed by atoms with E-state index in [-0.39, 0.29) is 13.2 Å². The van der Waals surface area contributed by atoms with Crippen LogP contribution in [0.3, 0.4) is 0 Å². The van der Waals surface area contributed by atoms with E-state index < -0.39 is 66.2 Å². The molecule has 12 heteroatoms. The van der Waals surface area contributed by atoms with Gasteiger partial charge in [-0.3, -0.25) is 4.79 Å². The summed E-state index contributed by atoms with van der Waals surface area (Å²) in [5, 5.41) is 4.90. The first-order chi connectivity index (χ1) is 16.9. The summed E-state index contributed by atoms with van der Waals surface area (Å²) >= 11 is 0. The second-order valence-corrected chi connectivity index (χ2v) is 9.66. The summed E-state index contributed by atoms with van der Waals surface area (Å²) in [6.07, 6.45) is -4.04. The van der Waals surface area contributed by atoms with Crippen LogP contribution in [0.1, 0.15) is 33.3 Å². The molecule has 2 N–H and O–H groups in total. The molecular formula is C24H32N2O10. The molecule has 3 saturated heterocycles. The molecule has 0 radical (unpaired) electrons. The number of benzene rings is 1. The molecule has 4 rings (SSSR count). The second-order valence-electron chi connectivity index (χ2n) is 9.66. The summed E-state index contributed by atoms with van der Waals surface area (Å²) in [4.78, 5) is 38.0. The van der Waals surface area contributed by atoms with Crippen LogP contribution < -0.4 is 10.6 Å². The average molecular weight is 509 g/mol. The van der Waals surface area contributed by atoms with Gasteiger partial charge < -0.3 is 43.8 Å². The van der Waals surface area contributed by atoms with Gasteiger partial charge in [0.2, 0.25) is 5.91 Å². The van der Waals surface area contributed by atoms with Gasteiger partial charge in [0.25, 0.3) is 5.72 Å². The smallest absolute Gasteiger partial charge is 0.407 e. The molecule has 3 heterocycles. The Balaban J connectivity index is 1.45. The maximum Gasteiger partial charge on any atom is 0.407 e. The third-order valence-electron chi connectivity index (χ3n) is 5.99. The summed E-state index contributed by atoms with van der Waals surface area (Å²) in [5.74, 6) is -3.55. The Kier molecular flexibility index (Phi) is 7.26. The molecule has 2 amide bonds. The highest BCUT2D eigenvalue weighted by atomic mass is 16.8. The fourth-order valence-electron chi connectivity index (χ4n) is 4.50. The Morgan fingerprint density at radius 1 is 0.972 bits per heavy atom. The molecule has 12 nitrogen and oxygen atoms in total. The summed E-state index contributed by atoms with van der Waals surface area (Å²) in [6.45, 7) is 6.62. The number of hydrogen-bond acceptors (Lipinski definition) is 10. The van der Waals surface area contributed by atoms with Gasteiger partial charge in [-0.2, -0.15) is 0 Å². The SMILES string of the molecule is COC(=O)[C@]1(NC(=O)CNC(=O)OCc2ccccc2)O[C@H]([C@H]2COC(C)(C)O2)[C@@H]2OC(C)(C)O[C@@H]21. The maximum absolute atomic E-state index is 13.0. The number of rotatable bonds is 7. The first-order valence-electron chi connectivity index (χ1n) is 11.6. The number of carbonyl (C=O) groups is 3. The van der Waals surface area contributed by atoms with Crippen molar-refractivity contribution in [2.75, 3.05) is 20.3 Å². The molecule has 0 unspecified atom stereocenters. The van der Waals surface area contributed by atoms with Crippen molar-refractivity contribution < 1.29 is 47.5 Å². The predicted molar refractivity (Wildman–Crippen MR) is 121 cm³/mol. The number of methoxy groups -OCH3 is 1. The van der Waals surface area contributed by atoms with Gasteiger partial charge in [0.1, 0.15) is 37.6 Å². The van der Waals surface area contributed by atoms with Crippen LogP contribution in [0.4, 0.5) is 4.79 Å². The Morgan fingerprint density at radius 3 is 2.33 bits per heavy atom. The van der Waals surface area contributed by atoms with Crippen molar-refractivity contribution in [2.24, 2.45) is 0 Å². The quantitative estimate of drug-likeness (QED) is 0.512.